The fraction of sp³-hybridized carbons (Fsp3) is 0.474. The van der Waals surface area contributed by atoms with Crippen LogP contribution in [0.5, 0.6) is 5.75 Å². The van der Waals surface area contributed by atoms with Crippen molar-refractivity contribution in [1.82, 2.24) is 9.80 Å². The third kappa shape index (κ3) is 4.37. The number of hydrogen-bond donors (Lipinski definition) is 0. The second-order valence-corrected chi connectivity index (χ2v) is 7.36. The average Bonchev–Trinajstić information content (AvgIpc) is 3.01. The second-order valence-electron chi connectivity index (χ2n) is 6.58. The van der Waals surface area contributed by atoms with E-state index >= 15 is 0 Å². The van der Waals surface area contributed by atoms with E-state index in [0.717, 1.165) is 5.39 Å². The lowest BCUT2D eigenvalue weighted by atomic mass is 10.1. The maximum atomic E-state index is 13.0. The van der Waals surface area contributed by atoms with Gasteiger partial charge in [-0.1, -0.05) is 0 Å². The van der Waals surface area contributed by atoms with Gasteiger partial charge in [0.25, 0.3) is 5.91 Å². The molecule has 8 heteroatoms. The van der Waals surface area contributed by atoms with Crippen LogP contribution in [0.1, 0.15) is 31.1 Å². The van der Waals surface area contributed by atoms with Gasteiger partial charge in [0.2, 0.25) is 0 Å². The Morgan fingerprint density at radius 1 is 1.15 bits per heavy atom. The van der Waals surface area contributed by atoms with Crippen LogP contribution in [-0.4, -0.2) is 60.7 Å². The lowest BCUT2D eigenvalue weighted by Gasteiger charge is -2.34. The summed E-state index contributed by atoms with van der Waals surface area (Å²) >= 11 is 3.33. The van der Waals surface area contributed by atoms with Crippen LogP contribution in [0.25, 0.3) is 11.0 Å². The summed E-state index contributed by atoms with van der Waals surface area (Å²) in [5, 5.41) is 0.819. The van der Waals surface area contributed by atoms with Gasteiger partial charge in [-0.25, -0.2) is 4.79 Å². The van der Waals surface area contributed by atoms with Crippen LogP contribution in [0.15, 0.2) is 27.3 Å². The summed E-state index contributed by atoms with van der Waals surface area (Å²) in [5.74, 6) is 0.506. The van der Waals surface area contributed by atoms with Crippen molar-refractivity contribution in [2.75, 3.05) is 32.8 Å². The van der Waals surface area contributed by atoms with E-state index < -0.39 is 0 Å². The van der Waals surface area contributed by atoms with E-state index in [1.165, 1.54) is 0 Å². The number of rotatable bonds is 4. The molecular weight excluding hydrogens is 416 g/mol. The lowest BCUT2D eigenvalue weighted by molar-refractivity contribution is 0.0570. The molecule has 7 nitrogen and oxygen atoms in total. The first-order valence-corrected chi connectivity index (χ1v) is 9.79. The minimum absolute atomic E-state index is 0.0275. The Morgan fingerprint density at radius 3 is 2.44 bits per heavy atom. The number of piperazine rings is 1. The Balaban J connectivity index is 1.79. The first-order valence-electron chi connectivity index (χ1n) is 8.99. The molecule has 0 aliphatic carbocycles. The number of fused-ring (bicyclic) bond motifs is 1. The van der Waals surface area contributed by atoms with E-state index in [-0.39, 0.29) is 18.1 Å². The van der Waals surface area contributed by atoms with Crippen molar-refractivity contribution in [1.29, 1.82) is 0 Å². The van der Waals surface area contributed by atoms with Crippen LogP contribution >= 0.6 is 15.9 Å². The molecule has 1 aromatic heterocycles. The summed E-state index contributed by atoms with van der Waals surface area (Å²) in [6.45, 7) is 7.81. The normalized spacial score (nSPS) is 14.7. The molecule has 1 saturated heterocycles. The van der Waals surface area contributed by atoms with E-state index in [2.05, 4.69) is 15.9 Å². The second kappa shape index (κ2) is 8.21. The predicted molar refractivity (Wildman–Crippen MR) is 104 cm³/mol. The number of furan rings is 1. The zero-order chi connectivity index (χ0) is 19.6. The molecule has 2 amide bonds. The number of carbonyl (C=O) groups excluding carboxylic acids is 2. The van der Waals surface area contributed by atoms with Crippen LogP contribution in [0.2, 0.25) is 0 Å². The molecule has 0 saturated carbocycles. The summed E-state index contributed by atoms with van der Waals surface area (Å²) in [5.41, 5.74) is 1.10. The largest absolute Gasteiger partial charge is 0.490 e. The van der Waals surface area contributed by atoms with Crippen LogP contribution in [0, 0.1) is 0 Å². The number of benzene rings is 1. The topological polar surface area (TPSA) is 72.2 Å². The number of halogens is 1. The molecule has 3 rings (SSSR count). The maximum Gasteiger partial charge on any atom is 0.409 e. The van der Waals surface area contributed by atoms with Gasteiger partial charge in [0.1, 0.15) is 11.3 Å². The maximum absolute atomic E-state index is 13.0. The minimum atomic E-state index is -0.334. The van der Waals surface area contributed by atoms with E-state index in [4.69, 9.17) is 13.9 Å². The molecule has 27 heavy (non-hydrogen) atoms. The third-order valence-corrected chi connectivity index (χ3v) is 4.66. The monoisotopic (exact) mass is 438 g/mol. The van der Waals surface area contributed by atoms with Gasteiger partial charge in [0, 0.05) is 37.8 Å². The standard InChI is InChI=1S/C19H23BrN2O5/c1-4-25-19(24)22-7-5-21(6-8-22)18(23)13-9-15(26-12(2)3)14-11-17(20)27-16(14)10-13/h9-12H,4-8H2,1-3H3. The molecule has 1 aromatic carbocycles. The minimum Gasteiger partial charge on any atom is -0.490 e. The van der Waals surface area contributed by atoms with Crippen molar-refractivity contribution in [2.45, 2.75) is 26.9 Å². The third-order valence-electron chi connectivity index (χ3n) is 4.27. The first kappa shape index (κ1) is 19.5. The van der Waals surface area contributed by atoms with Crippen LogP contribution < -0.4 is 4.74 Å². The zero-order valence-electron chi connectivity index (χ0n) is 15.7. The smallest absolute Gasteiger partial charge is 0.409 e. The molecule has 0 spiro atoms. The molecule has 0 radical (unpaired) electrons. The quantitative estimate of drug-likeness (QED) is 0.723. The summed E-state index contributed by atoms with van der Waals surface area (Å²) in [6, 6.07) is 5.32. The Bertz CT molecular complexity index is 840. The van der Waals surface area contributed by atoms with Crippen molar-refractivity contribution in [3.05, 3.63) is 28.4 Å². The van der Waals surface area contributed by atoms with Gasteiger partial charge in [-0.2, -0.15) is 0 Å². The van der Waals surface area contributed by atoms with Gasteiger partial charge < -0.3 is 23.7 Å². The first-order chi connectivity index (χ1) is 12.9. The SMILES string of the molecule is CCOC(=O)N1CCN(C(=O)c2cc(OC(C)C)c3cc(Br)oc3c2)CC1. The van der Waals surface area contributed by atoms with Crippen LogP contribution in [0.3, 0.4) is 0 Å². The van der Waals surface area contributed by atoms with E-state index in [1.807, 2.05) is 19.9 Å². The fourth-order valence-electron chi connectivity index (χ4n) is 3.04. The van der Waals surface area contributed by atoms with Crippen LogP contribution in [0.4, 0.5) is 4.79 Å². The summed E-state index contributed by atoms with van der Waals surface area (Å²) in [4.78, 5) is 28.1. The predicted octanol–water partition coefficient (Wildman–Crippen LogP) is 3.90. The summed E-state index contributed by atoms with van der Waals surface area (Å²) < 4.78 is 17.1. The molecule has 1 aliphatic rings. The highest BCUT2D eigenvalue weighted by molar-refractivity contribution is 9.10. The molecule has 0 atom stereocenters. The molecule has 2 aromatic rings. The molecule has 0 bridgehead atoms. The van der Waals surface area contributed by atoms with Crippen molar-refractivity contribution in [2.24, 2.45) is 0 Å². The Labute approximate surface area is 166 Å². The number of hydrogen-bond acceptors (Lipinski definition) is 5. The van der Waals surface area contributed by atoms with Gasteiger partial charge in [0.15, 0.2) is 4.67 Å². The molecule has 0 N–H and O–H groups in total. The molecular formula is C19H23BrN2O5. The Morgan fingerprint density at radius 2 is 1.81 bits per heavy atom. The van der Waals surface area contributed by atoms with Gasteiger partial charge in [-0.15, -0.1) is 0 Å². The number of nitrogens with zero attached hydrogens (tertiary/aromatic N) is 2. The number of amides is 2. The highest BCUT2D eigenvalue weighted by atomic mass is 79.9. The van der Waals surface area contributed by atoms with E-state index in [9.17, 15) is 9.59 Å². The van der Waals surface area contributed by atoms with E-state index in [1.54, 1.807) is 28.9 Å². The molecule has 146 valence electrons. The number of carbonyl (C=O) groups is 2. The summed E-state index contributed by atoms with van der Waals surface area (Å²) in [7, 11) is 0. The van der Waals surface area contributed by atoms with Gasteiger partial charge in [0.05, 0.1) is 18.1 Å². The molecule has 1 aliphatic heterocycles. The van der Waals surface area contributed by atoms with Gasteiger partial charge >= 0.3 is 6.09 Å². The highest BCUT2D eigenvalue weighted by Gasteiger charge is 2.26. The molecule has 0 unspecified atom stereocenters. The number of ether oxygens (including phenoxy) is 2. The Hall–Kier alpha value is -2.22. The van der Waals surface area contributed by atoms with E-state index in [0.29, 0.717) is 54.4 Å². The van der Waals surface area contributed by atoms with Crippen molar-refractivity contribution in [3.63, 3.8) is 0 Å². The molecule has 2 heterocycles. The van der Waals surface area contributed by atoms with Crippen molar-refractivity contribution >= 4 is 38.9 Å². The highest BCUT2D eigenvalue weighted by Crippen LogP contribution is 2.33. The Kier molecular flexibility index (Phi) is 5.94. The van der Waals surface area contributed by atoms with Gasteiger partial charge in [-0.3, -0.25) is 4.79 Å². The van der Waals surface area contributed by atoms with Gasteiger partial charge in [-0.05, 0) is 48.8 Å². The van der Waals surface area contributed by atoms with Crippen molar-refractivity contribution < 1.29 is 23.5 Å². The zero-order valence-corrected chi connectivity index (χ0v) is 17.2. The summed E-state index contributed by atoms with van der Waals surface area (Å²) in [6.07, 6.45) is -0.362. The lowest BCUT2D eigenvalue weighted by Crippen LogP contribution is -2.50. The van der Waals surface area contributed by atoms with Crippen molar-refractivity contribution in [3.8, 4) is 5.75 Å². The average molecular weight is 439 g/mol. The van der Waals surface area contributed by atoms with Crippen LogP contribution in [-0.2, 0) is 4.74 Å². The molecule has 1 fully saturated rings. The fourth-order valence-corrected chi connectivity index (χ4v) is 3.44.